The van der Waals surface area contributed by atoms with E-state index in [1.165, 1.54) is 24.3 Å². The Labute approximate surface area is 163 Å². The molecule has 0 amide bonds. The summed E-state index contributed by atoms with van der Waals surface area (Å²) in [5.74, 6) is -0.737. The zero-order valence-electron chi connectivity index (χ0n) is 14.5. The molecule has 0 saturated heterocycles. The third-order valence-corrected chi connectivity index (χ3v) is 4.13. The van der Waals surface area contributed by atoms with Crippen molar-refractivity contribution in [2.24, 2.45) is 10.9 Å². The largest absolute Gasteiger partial charge is 0.380 e. The summed E-state index contributed by atoms with van der Waals surface area (Å²) in [5.41, 5.74) is 6.81. The van der Waals surface area contributed by atoms with Crippen molar-refractivity contribution in [3.05, 3.63) is 80.6 Å². The second kappa shape index (κ2) is 7.89. The van der Waals surface area contributed by atoms with Gasteiger partial charge in [0.05, 0.1) is 9.95 Å². The average molecular weight is 401 g/mol. The number of carbonyl (C=O) groups excluding carboxylic acids is 1. The minimum Gasteiger partial charge on any atom is -0.380 e. The first-order valence-electron chi connectivity index (χ1n) is 7.89. The quantitative estimate of drug-likeness (QED) is 0.227. The molecule has 0 unspecified atom stereocenters. The number of amidine groups is 1. The molecule has 0 aliphatic rings. The molecule has 0 saturated carbocycles. The molecular formula is C18H13ClN4O5. The highest BCUT2D eigenvalue weighted by Gasteiger charge is 2.24. The van der Waals surface area contributed by atoms with Gasteiger partial charge in [-0.25, -0.2) is 4.79 Å². The van der Waals surface area contributed by atoms with Gasteiger partial charge in [-0.15, -0.1) is 0 Å². The number of aromatic nitrogens is 1. The lowest BCUT2D eigenvalue weighted by Crippen LogP contribution is -2.15. The Morgan fingerprint density at radius 1 is 1.25 bits per heavy atom. The number of non-ortho nitro benzene ring substituents is 1. The van der Waals surface area contributed by atoms with Crippen molar-refractivity contribution in [3.63, 3.8) is 0 Å². The van der Waals surface area contributed by atoms with E-state index in [2.05, 4.69) is 10.3 Å². The number of halogens is 1. The Bertz CT molecular complexity index is 1080. The fourth-order valence-corrected chi connectivity index (χ4v) is 2.62. The molecular weight excluding hydrogens is 388 g/mol. The van der Waals surface area contributed by atoms with Crippen LogP contribution in [-0.4, -0.2) is 21.9 Å². The van der Waals surface area contributed by atoms with Crippen LogP contribution in [-0.2, 0) is 4.84 Å². The van der Waals surface area contributed by atoms with Crippen LogP contribution in [0.1, 0.15) is 21.7 Å². The summed E-state index contributed by atoms with van der Waals surface area (Å²) in [6.45, 7) is 1.55. The Balaban J connectivity index is 1.84. The van der Waals surface area contributed by atoms with E-state index in [9.17, 15) is 14.9 Å². The molecule has 1 heterocycles. The zero-order valence-corrected chi connectivity index (χ0v) is 15.2. The van der Waals surface area contributed by atoms with Gasteiger partial charge in [0.15, 0.2) is 5.84 Å². The minimum atomic E-state index is -0.835. The summed E-state index contributed by atoms with van der Waals surface area (Å²) in [6, 6.07) is 12.1. The van der Waals surface area contributed by atoms with Crippen molar-refractivity contribution in [2.75, 3.05) is 0 Å². The molecule has 10 heteroatoms. The molecule has 28 heavy (non-hydrogen) atoms. The van der Waals surface area contributed by atoms with Crippen LogP contribution < -0.4 is 5.73 Å². The molecule has 0 fully saturated rings. The van der Waals surface area contributed by atoms with Crippen LogP contribution in [0.25, 0.3) is 11.3 Å². The molecule has 9 nitrogen and oxygen atoms in total. The van der Waals surface area contributed by atoms with Gasteiger partial charge in [-0.05, 0) is 25.1 Å². The molecule has 0 atom stereocenters. The number of carbonyl (C=O) groups is 1. The lowest BCUT2D eigenvalue weighted by Gasteiger charge is -2.03. The van der Waals surface area contributed by atoms with Crippen LogP contribution in [0.4, 0.5) is 5.69 Å². The molecule has 0 bridgehead atoms. The van der Waals surface area contributed by atoms with E-state index in [1.54, 1.807) is 31.2 Å². The van der Waals surface area contributed by atoms with E-state index in [0.29, 0.717) is 16.1 Å². The number of nitrogens with zero attached hydrogens (tertiary/aromatic N) is 3. The Morgan fingerprint density at radius 3 is 2.57 bits per heavy atom. The average Bonchev–Trinajstić information content (AvgIpc) is 3.07. The van der Waals surface area contributed by atoms with Crippen LogP contribution in [0.5, 0.6) is 0 Å². The number of nitro benzene ring substituents is 1. The molecule has 0 radical (unpaired) electrons. The Hall–Kier alpha value is -3.72. The van der Waals surface area contributed by atoms with Crippen LogP contribution in [0.15, 0.2) is 58.2 Å². The second-order valence-electron chi connectivity index (χ2n) is 5.60. The van der Waals surface area contributed by atoms with E-state index >= 15 is 0 Å². The third kappa shape index (κ3) is 3.84. The predicted octanol–water partition coefficient (Wildman–Crippen LogP) is 3.69. The van der Waals surface area contributed by atoms with Gasteiger partial charge < -0.3 is 15.1 Å². The summed E-state index contributed by atoms with van der Waals surface area (Å²) in [5, 5.41) is 18.5. The van der Waals surface area contributed by atoms with Gasteiger partial charge in [0.2, 0.25) is 0 Å². The zero-order chi connectivity index (χ0) is 20.3. The van der Waals surface area contributed by atoms with Crippen LogP contribution in [0.3, 0.4) is 0 Å². The normalized spacial score (nSPS) is 11.3. The van der Waals surface area contributed by atoms with Crippen LogP contribution >= 0.6 is 11.6 Å². The first-order valence-corrected chi connectivity index (χ1v) is 8.27. The summed E-state index contributed by atoms with van der Waals surface area (Å²) in [7, 11) is 0. The number of nitro groups is 1. The molecule has 142 valence electrons. The Morgan fingerprint density at radius 2 is 1.93 bits per heavy atom. The molecule has 1 aromatic heterocycles. The van der Waals surface area contributed by atoms with E-state index in [1.807, 2.05) is 0 Å². The van der Waals surface area contributed by atoms with Gasteiger partial charge in [0.1, 0.15) is 17.0 Å². The first kappa shape index (κ1) is 19.1. The third-order valence-electron chi connectivity index (χ3n) is 3.80. The topological polar surface area (TPSA) is 134 Å². The molecule has 2 N–H and O–H groups in total. The summed E-state index contributed by atoms with van der Waals surface area (Å²) >= 11 is 6.16. The van der Waals surface area contributed by atoms with Crippen molar-refractivity contribution in [1.82, 2.24) is 5.16 Å². The number of hydrogen-bond donors (Lipinski definition) is 1. The van der Waals surface area contributed by atoms with Gasteiger partial charge in [0.25, 0.3) is 5.69 Å². The molecule has 3 aromatic rings. The summed E-state index contributed by atoms with van der Waals surface area (Å²) < 4.78 is 5.10. The van der Waals surface area contributed by atoms with Crippen molar-refractivity contribution in [3.8, 4) is 11.3 Å². The van der Waals surface area contributed by atoms with Crippen LogP contribution in [0, 0.1) is 17.0 Å². The highest BCUT2D eigenvalue weighted by Crippen LogP contribution is 2.31. The van der Waals surface area contributed by atoms with Gasteiger partial charge in [-0.1, -0.05) is 40.1 Å². The standard InChI is InChI=1S/C18H13ClN4O5/c1-10-15(16(21-27-10)13-4-2-3-5-14(13)19)18(24)28-22-17(20)11-6-8-12(9-7-11)23(25)26/h2-9H,1H3,(H2,20,22). The van der Waals surface area contributed by atoms with Gasteiger partial charge in [-0.2, -0.15) is 0 Å². The number of oxime groups is 1. The maximum atomic E-state index is 12.5. The van der Waals surface area contributed by atoms with Crippen LogP contribution in [0.2, 0.25) is 5.02 Å². The monoisotopic (exact) mass is 400 g/mol. The van der Waals surface area contributed by atoms with Gasteiger partial charge >= 0.3 is 5.97 Å². The number of aryl methyl sites for hydroxylation is 1. The summed E-state index contributed by atoms with van der Waals surface area (Å²) in [4.78, 5) is 27.5. The highest BCUT2D eigenvalue weighted by molar-refractivity contribution is 6.33. The summed E-state index contributed by atoms with van der Waals surface area (Å²) in [6.07, 6.45) is 0. The molecule has 0 aliphatic carbocycles. The minimum absolute atomic E-state index is 0.0633. The SMILES string of the molecule is Cc1onc(-c2ccccc2Cl)c1C(=O)O/N=C(\N)c1ccc([N+](=O)[O-])cc1. The molecule has 2 aromatic carbocycles. The number of hydrogen-bond acceptors (Lipinski definition) is 7. The second-order valence-corrected chi connectivity index (χ2v) is 6.01. The smallest absolute Gasteiger partial charge is 0.371 e. The Kier molecular flexibility index (Phi) is 5.37. The number of benzene rings is 2. The van der Waals surface area contributed by atoms with Crippen molar-refractivity contribution >= 4 is 29.1 Å². The predicted molar refractivity (Wildman–Crippen MR) is 101 cm³/mol. The maximum Gasteiger partial charge on any atom is 0.371 e. The maximum absolute atomic E-state index is 12.5. The highest BCUT2D eigenvalue weighted by atomic mass is 35.5. The molecule has 0 spiro atoms. The van der Waals surface area contributed by atoms with Crippen molar-refractivity contribution < 1.29 is 19.1 Å². The van der Waals surface area contributed by atoms with Crippen molar-refractivity contribution in [2.45, 2.75) is 6.92 Å². The molecule has 3 rings (SSSR count). The first-order chi connectivity index (χ1) is 13.4. The van der Waals surface area contributed by atoms with Gasteiger partial charge in [0, 0.05) is 23.3 Å². The fourth-order valence-electron chi connectivity index (χ4n) is 2.39. The van der Waals surface area contributed by atoms with E-state index in [0.717, 1.165) is 0 Å². The van der Waals surface area contributed by atoms with Crippen molar-refractivity contribution in [1.29, 1.82) is 0 Å². The number of nitrogens with two attached hydrogens (primary N) is 1. The van der Waals surface area contributed by atoms with E-state index in [4.69, 9.17) is 26.7 Å². The lowest BCUT2D eigenvalue weighted by atomic mass is 10.1. The van der Waals surface area contributed by atoms with E-state index < -0.39 is 10.9 Å². The fraction of sp³-hybridized carbons (Fsp3) is 0.0556. The number of rotatable bonds is 5. The van der Waals surface area contributed by atoms with Gasteiger partial charge in [-0.3, -0.25) is 10.1 Å². The lowest BCUT2D eigenvalue weighted by molar-refractivity contribution is -0.384. The molecule has 0 aliphatic heterocycles. The van der Waals surface area contributed by atoms with E-state index in [-0.39, 0.29) is 28.5 Å².